The van der Waals surface area contributed by atoms with Crippen molar-refractivity contribution in [2.24, 2.45) is 0 Å². The number of amides is 2. The molecule has 1 aliphatic rings. The molecule has 0 radical (unpaired) electrons. The molecule has 0 spiro atoms. The Labute approximate surface area is 256 Å². The first-order valence-electron chi connectivity index (χ1n) is 12.0. The number of carbonyl (C=O) groups excluding carboxylic acids is 4. The van der Waals surface area contributed by atoms with Crippen molar-refractivity contribution in [2.75, 3.05) is 0 Å². The maximum Gasteiger partial charge on any atom is 1.00 e. The van der Waals surface area contributed by atoms with Crippen LogP contribution in [0.5, 0.6) is 0 Å². The second-order valence-corrected chi connectivity index (χ2v) is 9.94. The zero-order valence-corrected chi connectivity index (χ0v) is 24.9. The van der Waals surface area contributed by atoms with Gasteiger partial charge in [-0.3, -0.25) is 23.5 Å². The minimum atomic E-state index is -2.94. The monoisotopic (exact) mass is 568 g/mol. The number of rotatable bonds is 9. The number of aldehydes is 1. The van der Waals surface area contributed by atoms with Crippen LogP contribution in [0.4, 0.5) is 0 Å². The van der Waals surface area contributed by atoms with Gasteiger partial charge >= 0.3 is 35.5 Å². The molecule has 3 aromatic carbocycles. The average Bonchev–Trinajstić information content (AvgIpc) is 2.95. The number of hydrogen-bond acceptors (Lipinski definition) is 7. The summed E-state index contributed by atoms with van der Waals surface area (Å²) in [7, 11) is 0. The van der Waals surface area contributed by atoms with Crippen LogP contribution in [0.2, 0.25) is 0 Å². The molecule has 1 fully saturated rings. The summed E-state index contributed by atoms with van der Waals surface area (Å²) in [5.74, 6) is -2.59. The molecule has 2 amide bonds. The molecule has 4 rings (SSSR count). The van der Waals surface area contributed by atoms with Crippen molar-refractivity contribution in [1.82, 2.24) is 10.2 Å². The van der Waals surface area contributed by atoms with Crippen LogP contribution in [-0.2, 0) is 30.2 Å². The van der Waals surface area contributed by atoms with Crippen LogP contribution < -0.4 is 34.9 Å². The summed E-state index contributed by atoms with van der Waals surface area (Å²) in [4.78, 5) is 51.8. The van der Waals surface area contributed by atoms with E-state index in [1.807, 2.05) is 6.92 Å². The number of aryl methyl sites for hydroxylation is 1. The molecule has 200 valence electrons. The molecule has 3 aromatic rings. The SMILES string of the molecule is CC(C=O)=C(C(=O)OC(c1ccccc1)c1ccccc1)N1C(=O)C(NC(=O)c2ccc(C)cc2)C1S(=O)[O-].[Na+]. The van der Waals surface area contributed by atoms with Gasteiger partial charge in [0.2, 0.25) is 0 Å². The van der Waals surface area contributed by atoms with Crippen molar-refractivity contribution < 1.29 is 62.2 Å². The molecular formula is C29H25N2NaO7S. The minimum absolute atomic E-state index is 0. The number of ether oxygens (including phenoxy) is 1. The van der Waals surface area contributed by atoms with E-state index in [-0.39, 0.29) is 40.7 Å². The quantitative estimate of drug-likeness (QED) is 0.0956. The molecule has 1 aliphatic heterocycles. The number of nitrogens with zero attached hydrogens (tertiary/aromatic N) is 1. The van der Waals surface area contributed by atoms with E-state index in [4.69, 9.17) is 4.74 Å². The van der Waals surface area contributed by atoms with Crippen LogP contribution in [0.25, 0.3) is 0 Å². The van der Waals surface area contributed by atoms with Gasteiger partial charge in [-0.1, -0.05) is 78.4 Å². The molecule has 0 bridgehead atoms. The van der Waals surface area contributed by atoms with E-state index in [2.05, 4.69) is 5.32 Å². The van der Waals surface area contributed by atoms with Crippen molar-refractivity contribution in [2.45, 2.75) is 31.4 Å². The summed E-state index contributed by atoms with van der Waals surface area (Å²) in [6.07, 6.45) is -0.564. The Balaban J connectivity index is 0.00000441. The van der Waals surface area contributed by atoms with Gasteiger partial charge in [-0.05, 0) is 48.2 Å². The number of carbonyl (C=O) groups is 4. The molecule has 0 saturated carbocycles. The zero-order valence-electron chi connectivity index (χ0n) is 22.1. The number of β-lactam (4-membered cyclic amide) rings is 1. The fraction of sp³-hybridized carbons (Fsp3) is 0.172. The van der Waals surface area contributed by atoms with Crippen LogP contribution in [0.15, 0.2) is 96.2 Å². The van der Waals surface area contributed by atoms with Crippen LogP contribution >= 0.6 is 0 Å². The van der Waals surface area contributed by atoms with Gasteiger partial charge in [-0.25, -0.2) is 4.79 Å². The first kappa shape index (κ1) is 31.1. The third kappa shape index (κ3) is 6.65. The van der Waals surface area contributed by atoms with Gasteiger partial charge in [0.05, 0.1) is 0 Å². The topological polar surface area (TPSA) is 133 Å². The predicted molar refractivity (Wildman–Crippen MR) is 142 cm³/mol. The summed E-state index contributed by atoms with van der Waals surface area (Å²) >= 11 is -2.94. The molecule has 11 heteroatoms. The number of likely N-dealkylation sites (tertiary alicyclic amines) is 1. The minimum Gasteiger partial charge on any atom is -0.771 e. The van der Waals surface area contributed by atoms with E-state index in [1.54, 1.807) is 84.9 Å². The van der Waals surface area contributed by atoms with Crippen molar-refractivity contribution >= 4 is 35.2 Å². The van der Waals surface area contributed by atoms with Gasteiger partial charge in [0.15, 0.2) is 6.10 Å². The molecule has 40 heavy (non-hydrogen) atoms. The smallest absolute Gasteiger partial charge is 0.771 e. The number of esters is 1. The van der Waals surface area contributed by atoms with Crippen molar-refractivity contribution in [3.8, 4) is 0 Å². The summed E-state index contributed by atoms with van der Waals surface area (Å²) in [5.41, 5.74) is 1.69. The van der Waals surface area contributed by atoms with Gasteiger partial charge in [0, 0.05) is 11.1 Å². The van der Waals surface area contributed by atoms with Crippen molar-refractivity contribution in [3.63, 3.8) is 0 Å². The summed E-state index contributed by atoms with van der Waals surface area (Å²) in [6, 6.07) is 22.7. The van der Waals surface area contributed by atoms with Crippen molar-refractivity contribution in [1.29, 1.82) is 0 Å². The van der Waals surface area contributed by atoms with Gasteiger partial charge in [0.25, 0.3) is 11.8 Å². The molecular weight excluding hydrogens is 543 g/mol. The second kappa shape index (κ2) is 13.8. The van der Waals surface area contributed by atoms with Gasteiger partial charge in [0.1, 0.15) is 23.4 Å². The van der Waals surface area contributed by atoms with Gasteiger partial charge in [-0.15, -0.1) is 0 Å². The van der Waals surface area contributed by atoms with Gasteiger partial charge in [-0.2, -0.15) is 0 Å². The number of benzene rings is 3. The predicted octanol–water partition coefficient (Wildman–Crippen LogP) is -0.0495. The maximum absolute atomic E-state index is 13.5. The number of nitrogens with one attached hydrogen (secondary N) is 1. The van der Waals surface area contributed by atoms with E-state index in [0.29, 0.717) is 22.3 Å². The first-order valence-corrected chi connectivity index (χ1v) is 13.1. The Bertz CT molecular complexity index is 1410. The largest absolute Gasteiger partial charge is 1.00 e. The van der Waals surface area contributed by atoms with E-state index in [0.717, 1.165) is 5.56 Å². The van der Waals surface area contributed by atoms with E-state index >= 15 is 0 Å². The average molecular weight is 569 g/mol. The molecule has 3 atom stereocenters. The Morgan fingerprint density at radius 1 is 0.975 bits per heavy atom. The Morgan fingerprint density at radius 2 is 1.50 bits per heavy atom. The molecule has 0 aliphatic carbocycles. The standard InChI is InChI=1S/C29H26N2O7S.Na/c1-18-13-15-22(16-14-18)26(33)30-23-27(34)31(28(23)39(36)37)24(19(2)17-32)29(35)38-25(20-9-5-3-6-10-20)21-11-7-4-8-12-21;/h3-17,23,25,28H,1-2H3,(H,30,33)(H,36,37);/q;+1/p-1. The normalized spacial score (nSPS) is 17.6. The molecule has 3 unspecified atom stereocenters. The molecule has 1 heterocycles. The van der Waals surface area contributed by atoms with Crippen LogP contribution in [0.3, 0.4) is 0 Å². The molecule has 9 nitrogen and oxygen atoms in total. The molecule has 1 N–H and O–H groups in total. The number of hydrogen-bond donors (Lipinski definition) is 1. The summed E-state index contributed by atoms with van der Waals surface area (Å²) in [6.45, 7) is 3.12. The van der Waals surface area contributed by atoms with E-state index < -0.39 is 52.1 Å². The Hall–Kier alpha value is -3.41. The van der Waals surface area contributed by atoms with Crippen LogP contribution in [0, 0.1) is 6.92 Å². The summed E-state index contributed by atoms with van der Waals surface area (Å²) < 4.78 is 30.2. The second-order valence-electron chi connectivity index (χ2n) is 8.93. The van der Waals surface area contributed by atoms with Crippen molar-refractivity contribution in [3.05, 3.63) is 118 Å². The summed E-state index contributed by atoms with van der Waals surface area (Å²) in [5, 5.41) is 0.792. The van der Waals surface area contributed by atoms with E-state index in [9.17, 15) is 27.9 Å². The Kier molecular flexibility index (Phi) is 10.7. The third-order valence-corrected chi connectivity index (χ3v) is 7.13. The van der Waals surface area contributed by atoms with E-state index in [1.165, 1.54) is 6.92 Å². The fourth-order valence-electron chi connectivity index (χ4n) is 4.21. The molecule has 1 saturated heterocycles. The zero-order chi connectivity index (χ0) is 28.1. The third-order valence-electron chi connectivity index (χ3n) is 6.25. The molecule has 0 aromatic heterocycles. The van der Waals surface area contributed by atoms with Crippen LogP contribution in [0.1, 0.15) is 40.1 Å². The fourth-order valence-corrected chi connectivity index (χ4v) is 5.00. The Morgan fingerprint density at radius 3 is 1.98 bits per heavy atom. The van der Waals surface area contributed by atoms with Gasteiger partial charge < -0.3 is 14.6 Å². The maximum atomic E-state index is 13.5. The van der Waals surface area contributed by atoms with Crippen LogP contribution in [-0.4, -0.2) is 49.1 Å². The number of allylic oxidation sites excluding steroid dienone is 1. The first-order chi connectivity index (χ1) is 18.7.